The van der Waals surface area contributed by atoms with Gasteiger partial charge in [-0.25, -0.2) is 9.78 Å². The molecule has 0 aliphatic carbocycles. The number of benzene rings is 1. The van der Waals surface area contributed by atoms with Crippen LogP contribution in [0, 0.1) is 6.92 Å². The van der Waals surface area contributed by atoms with E-state index in [1.807, 2.05) is 30.5 Å². The number of aromatic carboxylic acids is 1. The Morgan fingerprint density at radius 2 is 2.15 bits per heavy atom. The van der Waals surface area contributed by atoms with Crippen LogP contribution >= 0.6 is 11.3 Å². The molecule has 4 nitrogen and oxygen atoms in total. The van der Waals surface area contributed by atoms with Crippen molar-refractivity contribution in [1.29, 1.82) is 0 Å². The fourth-order valence-electron chi connectivity index (χ4n) is 1.95. The van der Waals surface area contributed by atoms with Crippen molar-refractivity contribution < 1.29 is 14.6 Å². The van der Waals surface area contributed by atoms with Crippen LogP contribution in [0.5, 0.6) is 11.6 Å². The molecule has 0 spiro atoms. The number of carbonyl (C=O) groups is 1. The second kappa shape index (κ2) is 4.94. The van der Waals surface area contributed by atoms with E-state index >= 15 is 0 Å². The lowest BCUT2D eigenvalue weighted by Crippen LogP contribution is -2.01. The van der Waals surface area contributed by atoms with Gasteiger partial charge in [-0.05, 0) is 36.6 Å². The predicted molar refractivity (Wildman–Crippen MR) is 77.8 cm³/mol. The van der Waals surface area contributed by atoms with Crippen molar-refractivity contribution in [3.8, 4) is 11.6 Å². The van der Waals surface area contributed by atoms with Crippen LogP contribution in [0.25, 0.3) is 10.1 Å². The average molecular weight is 285 g/mol. The van der Waals surface area contributed by atoms with E-state index in [-0.39, 0.29) is 5.56 Å². The highest BCUT2D eigenvalue weighted by atomic mass is 32.1. The monoisotopic (exact) mass is 285 g/mol. The molecular weight excluding hydrogens is 274 g/mol. The number of aromatic nitrogens is 1. The van der Waals surface area contributed by atoms with Gasteiger partial charge in [-0.1, -0.05) is 11.6 Å². The summed E-state index contributed by atoms with van der Waals surface area (Å²) in [5, 5.41) is 12.1. The van der Waals surface area contributed by atoms with E-state index in [1.165, 1.54) is 0 Å². The Morgan fingerprint density at radius 3 is 2.95 bits per heavy atom. The lowest BCUT2D eigenvalue weighted by Gasteiger charge is -2.09. The molecule has 2 aromatic heterocycles. The molecule has 1 aromatic carbocycles. The van der Waals surface area contributed by atoms with E-state index in [4.69, 9.17) is 4.74 Å². The van der Waals surface area contributed by atoms with Gasteiger partial charge >= 0.3 is 5.97 Å². The third kappa shape index (κ3) is 2.23. The van der Waals surface area contributed by atoms with Gasteiger partial charge in [0.25, 0.3) is 0 Å². The third-order valence-electron chi connectivity index (χ3n) is 2.92. The Bertz CT molecular complexity index is 795. The van der Waals surface area contributed by atoms with E-state index in [0.29, 0.717) is 11.6 Å². The number of hydrogen-bond donors (Lipinski definition) is 1. The number of thiophene rings is 1. The smallest absolute Gasteiger partial charge is 0.339 e. The van der Waals surface area contributed by atoms with Crippen molar-refractivity contribution in [2.24, 2.45) is 0 Å². The lowest BCUT2D eigenvalue weighted by atomic mass is 10.1. The second-order valence-corrected chi connectivity index (χ2v) is 5.30. The number of hydrogen-bond acceptors (Lipinski definition) is 4. The summed E-state index contributed by atoms with van der Waals surface area (Å²) >= 11 is 1.59. The van der Waals surface area contributed by atoms with E-state index < -0.39 is 5.97 Å². The minimum Gasteiger partial charge on any atom is -0.478 e. The number of pyridine rings is 1. The van der Waals surface area contributed by atoms with Crippen LogP contribution in [-0.2, 0) is 0 Å². The first-order chi connectivity index (χ1) is 9.65. The van der Waals surface area contributed by atoms with Gasteiger partial charge in [0.05, 0.1) is 5.39 Å². The van der Waals surface area contributed by atoms with Gasteiger partial charge in [0.1, 0.15) is 11.3 Å². The molecule has 0 aliphatic rings. The number of ether oxygens (including phenoxy) is 1. The quantitative estimate of drug-likeness (QED) is 0.787. The zero-order valence-corrected chi connectivity index (χ0v) is 11.5. The van der Waals surface area contributed by atoms with Gasteiger partial charge in [-0.2, -0.15) is 0 Å². The number of carboxylic acid groups (broad SMARTS) is 1. The zero-order chi connectivity index (χ0) is 14.1. The Balaban J connectivity index is 2.07. The minimum absolute atomic E-state index is 0.138. The molecule has 0 unspecified atom stereocenters. The summed E-state index contributed by atoms with van der Waals surface area (Å²) < 4.78 is 6.77. The Kier molecular flexibility index (Phi) is 3.12. The average Bonchev–Trinajstić information content (AvgIpc) is 2.90. The van der Waals surface area contributed by atoms with Gasteiger partial charge in [0.15, 0.2) is 0 Å². The standard InChI is InChI=1S/C15H11NO3S/c1-9-2-3-12(11(8-9)15(17)18)19-14-10-5-7-20-13(10)4-6-16-14/h2-8H,1H3,(H,17,18). The molecule has 20 heavy (non-hydrogen) atoms. The van der Waals surface area contributed by atoms with E-state index in [0.717, 1.165) is 15.6 Å². The summed E-state index contributed by atoms with van der Waals surface area (Å²) in [7, 11) is 0. The van der Waals surface area contributed by atoms with Gasteiger partial charge in [0, 0.05) is 10.9 Å². The second-order valence-electron chi connectivity index (χ2n) is 4.36. The highest BCUT2D eigenvalue weighted by Gasteiger charge is 2.14. The molecule has 5 heteroatoms. The normalized spacial score (nSPS) is 10.7. The number of nitrogens with zero attached hydrogens (tertiary/aromatic N) is 1. The van der Waals surface area contributed by atoms with Crippen LogP contribution in [0.15, 0.2) is 41.9 Å². The number of carboxylic acids is 1. The van der Waals surface area contributed by atoms with Crippen LogP contribution in [0.3, 0.4) is 0 Å². The number of fused-ring (bicyclic) bond motifs is 1. The Hall–Kier alpha value is -2.40. The molecule has 0 fully saturated rings. The van der Waals surface area contributed by atoms with Gasteiger partial charge in [0.2, 0.25) is 5.88 Å². The fraction of sp³-hybridized carbons (Fsp3) is 0.0667. The van der Waals surface area contributed by atoms with Gasteiger partial charge in [-0.15, -0.1) is 11.3 Å². The van der Waals surface area contributed by atoms with Crippen molar-refractivity contribution in [2.45, 2.75) is 6.92 Å². The summed E-state index contributed by atoms with van der Waals surface area (Å²) in [5.41, 5.74) is 1.01. The molecule has 0 radical (unpaired) electrons. The maximum absolute atomic E-state index is 11.3. The van der Waals surface area contributed by atoms with E-state index in [1.54, 1.807) is 29.7 Å². The summed E-state index contributed by atoms with van der Waals surface area (Å²) in [6, 6.07) is 8.88. The molecule has 3 aromatic rings. The maximum Gasteiger partial charge on any atom is 0.339 e. The fourth-order valence-corrected chi connectivity index (χ4v) is 2.73. The number of aryl methyl sites for hydroxylation is 1. The molecule has 1 N–H and O–H groups in total. The highest BCUT2D eigenvalue weighted by molar-refractivity contribution is 7.17. The van der Waals surface area contributed by atoms with Crippen molar-refractivity contribution in [1.82, 2.24) is 4.98 Å². The summed E-state index contributed by atoms with van der Waals surface area (Å²) in [6.07, 6.45) is 1.66. The van der Waals surface area contributed by atoms with Crippen LogP contribution in [0.2, 0.25) is 0 Å². The van der Waals surface area contributed by atoms with Crippen LogP contribution < -0.4 is 4.74 Å². The first kappa shape index (κ1) is 12.6. The molecule has 0 saturated carbocycles. The summed E-state index contributed by atoms with van der Waals surface area (Å²) in [6.45, 7) is 1.84. The minimum atomic E-state index is -1.01. The molecule has 0 amide bonds. The third-order valence-corrected chi connectivity index (χ3v) is 3.80. The molecule has 0 saturated heterocycles. The molecule has 0 aliphatic heterocycles. The maximum atomic E-state index is 11.3. The largest absolute Gasteiger partial charge is 0.478 e. The predicted octanol–water partition coefficient (Wildman–Crippen LogP) is 4.10. The first-order valence-corrected chi connectivity index (χ1v) is 6.87. The molecule has 0 bridgehead atoms. The van der Waals surface area contributed by atoms with Crippen molar-refractivity contribution in [3.05, 3.63) is 53.0 Å². The molecule has 0 atom stereocenters. The zero-order valence-electron chi connectivity index (χ0n) is 10.7. The Labute approximate surface area is 119 Å². The molecular formula is C15H11NO3S. The topological polar surface area (TPSA) is 59.4 Å². The highest BCUT2D eigenvalue weighted by Crippen LogP contribution is 2.32. The molecule has 2 heterocycles. The SMILES string of the molecule is Cc1ccc(Oc2nccc3sccc23)c(C(=O)O)c1. The van der Waals surface area contributed by atoms with Crippen LogP contribution in [0.4, 0.5) is 0 Å². The van der Waals surface area contributed by atoms with Crippen molar-refractivity contribution in [2.75, 3.05) is 0 Å². The van der Waals surface area contributed by atoms with E-state index in [2.05, 4.69) is 4.98 Å². The van der Waals surface area contributed by atoms with Crippen LogP contribution in [-0.4, -0.2) is 16.1 Å². The van der Waals surface area contributed by atoms with Crippen molar-refractivity contribution >= 4 is 27.4 Å². The van der Waals surface area contributed by atoms with Gasteiger partial charge < -0.3 is 9.84 Å². The van der Waals surface area contributed by atoms with E-state index in [9.17, 15) is 9.90 Å². The van der Waals surface area contributed by atoms with Gasteiger partial charge in [-0.3, -0.25) is 0 Å². The molecule has 3 rings (SSSR count). The van der Waals surface area contributed by atoms with Crippen molar-refractivity contribution in [3.63, 3.8) is 0 Å². The Morgan fingerprint density at radius 1 is 1.30 bits per heavy atom. The molecule has 100 valence electrons. The number of rotatable bonds is 3. The summed E-state index contributed by atoms with van der Waals surface area (Å²) in [5.74, 6) is -0.286. The first-order valence-electron chi connectivity index (χ1n) is 5.99. The van der Waals surface area contributed by atoms with Crippen LogP contribution in [0.1, 0.15) is 15.9 Å². The summed E-state index contributed by atoms with van der Waals surface area (Å²) in [4.78, 5) is 15.5. The lowest BCUT2D eigenvalue weighted by molar-refractivity contribution is 0.0694.